The molecule has 1 aromatic carbocycles. The molecule has 0 amide bonds. The summed E-state index contributed by atoms with van der Waals surface area (Å²) in [7, 11) is 2.10. The Morgan fingerprint density at radius 2 is 1.95 bits per heavy atom. The highest BCUT2D eigenvalue weighted by Crippen LogP contribution is 2.26. The molecule has 0 aliphatic carbocycles. The number of anilines is 1. The van der Waals surface area contributed by atoms with Gasteiger partial charge in [-0.2, -0.15) is 0 Å². The highest BCUT2D eigenvalue weighted by molar-refractivity contribution is 6.04. The Hall–Kier alpha value is -2.14. The number of nitrogens with zero attached hydrogens (tertiary/aromatic N) is 3. The SMILES string of the molecule is Cc1cccc2c(C(=O)O)cc(N3CCN(C)CC3)nc12. The van der Waals surface area contributed by atoms with E-state index in [1.54, 1.807) is 6.07 Å². The molecule has 1 N–H and O–H groups in total. The Labute approximate surface area is 123 Å². The lowest BCUT2D eigenvalue weighted by Crippen LogP contribution is -2.44. The largest absolute Gasteiger partial charge is 0.478 e. The molecule has 5 heteroatoms. The van der Waals surface area contributed by atoms with Gasteiger partial charge in [-0.25, -0.2) is 9.78 Å². The Morgan fingerprint density at radius 3 is 2.62 bits per heavy atom. The molecule has 1 aromatic heterocycles. The Balaban J connectivity index is 2.11. The van der Waals surface area contributed by atoms with E-state index in [1.807, 2.05) is 25.1 Å². The molecule has 0 bridgehead atoms. The predicted molar refractivity (Wildman–Crippen MR) is 83.1 cm³/mol. The molecule has 1 aliphatic rings. The van der Waals surface area contributed by atoms with Gasteiger partial charge < -0.3 is 14.9 Å². The molecule has 0 saturated carbocycles. The summed E-state index contributed by atoms with van der Waals surface area (Å²) in [5.74, 6) is -0.134. The lowest BCUT2D eigenvalue weighted by molar-refractivity contribution is 0.0699. The van der Waals surface area contributed by atoms with Crippen molar-refractivity contribution in [2.45, 2.75) is 6.92 Å². The van der Waals surface area contributed by atoms with E-state index in [9.17, 15) is 9.90 Å². The number of hydrogen-bond donors (Lipinski definition) is 1. The number of para-hydroxylation sites is 1. The molecular weight excluding hydrogens is 266 g/mol. The number of carbonyl (C=O) groups is 1. The van der Waals surface area contributed by atoms with Crippen molar-refractivity contribution >= 4 is 22.7 Å². The van der Waals surface area contributed by atoms with Crippen molar-refractivity contribution in [1.82, 2.24) is 9.88 Å². The number of benzene rings is 1. The smallest absolute Gasteiger partial charge is 0.336 e. The molecule has 0 unspecified atom stereocenters. The number of likely N-dealkylation sites (N-methyl/N-ethyl adjacent to an activating group) is 1. The summed E-state index contributed by atoms with van der Waals surface area (Å²) in [6, 6.07) is 7.37. The van der Waals surface area contributed by atoms with Gasteiger partial charge in [-0.3, -0.25) is 0 Å². The van der Waals surface area contributed by atoms with Crippen molar-refractivity contribution in [1.29, 1.82) is 0 Å². The van der Waals surface area contributed by atoms with Gasteiger partial charge in [0.05, 0.1) is 11.1 Å². The topological polar surface area (TPSA) is 56.7 Å². The van der Waals surface area contributed by atoms with E-state index in [-0.39, 0.29) is 0 Å². The van der Waals surface area contributed by atoms with Gasteiger partial charge in [0.1, 0.15) is 5.82 Å². The molecular formula is C16H19N3O2. The fourth-order valence-corrected chi connectivity index (χ4v) is 2.75. The number of piperazine rings is 1. The second-order valence-corrected chi connectivity index (χ2v) is 5.59. The third-order valence-electron chi connectivity index (χ3n) is 4.09. The number of carboxylic acids is 1. The molecule has 2 aromatic rings. The molecule has 0 spiro atoms. The number of rotatable bonds is 2. The maximum atomic E-state index is 11.6. The molecule has 21 heavy (non-hydrogen) atoms. The first kappa shape index (κ1) is 13.8. The van der Waals surface area contributed by atoms with E-state index >= 15 is 0 Å². The third kappa shape index (κ3) is 2.56. The van der Waals surface area contributed by atoms with Crippen LogP contribution in [0.3, 0.4) is 0 Å². The van der Waals surface area contributed by atoms with Gasteiger partial charge in [-0.15, -0.1) is 0 Å². The summed E-state index contributed by atoms with van der Waals surface area (Å²) < 4.78 is 0. The van der Waals surface area contributed by atoms with E-state index < -0.39 is 5.97 Å². The summed E-state index contributed by atoms with van der Waals surface area (Å²) >= 11 is 0. The number of fused-ring (bicyclic) bond motifs is 1. The Morgan fingerprint density at radius 1 is 1.24 bits per heavy atom. The summed E-state index contributed by atoms with van der Waals surface area (Å²) in [5.41, 5.74) is 2.12. The average Bonchev–Trinajstić information content (AvgIpc) is 2.47. The van der Waals surface area contributed by atoms with E-state index in [0.29, 0.717) is 10.9 Å². The minimum absolute atomic E-state index is 0.331. The van der Waals surface area contributed by atoms with Crippen LogP contribution in [0.5, 0.6) is 0 Å². The van der Waals surface area contributed by atoms with Crippen molar-refractivity contribution in [2.75, 3.05) is 38.1 Å². The molecule has 2 heterocycles. The van der Waals surface area contributed by atoms with Crippen LogP contribution >= 0.6 is 0 Å². The molecule has 1 aliphatic heterocycles. The average molecular weight is 285 g/mol. The molecule has 0 radical (unpaired) electrons. The number of carboxylic acid groups (broad SMARTS) is 1. The lowest BCUT2D eigenvalue weighted by Gasteiger charge is -2.33. The van der Waals surface area contributed by atoms with Crippen molar-refractivity contribution in [3.05, 3.63) is 35.4 Å². The summed E-state index contributed by atoms with van der Waals surface area (Å²) in [5, 5.41) is 10.2. The minimum Gasteiger partial charge on any atom is -0.478 e. The van der Waals surface area contributed by atoms with Crippen molar-refractivity contribution in [2.24, 2.45) is 0 Å². The zero-order valence-electron chi connectivity index (χ0n) is 12.3. The summed E-state index contributed by atoms with van der Waals surface area (Å²) in [6.07, 6.45) is 0. The highest BCUT2D eigenvalue weighted by atomic mass is 16.4. The molecule has 5 nitrogen and oxygen atoms in total. The number of aromatic nitrogens is 1. The van der Waals surface area contributed by atoms with Gasteiger partial charge in [0.15, 0.2) is 0 Å². The summed E-state index contributed by atoms with van der Waals surface area (Å²) in [4.78, 5) is 20.7. The molecule has 3 rings (SSSR count). The number of aryl methyl sites for hydroxylation is 1. The fourth-order valence-electron chi connectivity index (χ4n) is 2.75. The van der Waals surface area contributed by atoms with Gasteiger partial charge in [0.2, 0.25) is 0 Å². The van der Waals surface area contributed by atoms with Crippen LogP contribution in [0.1, 0.15) is 15.9 Å². The Kier molecular flexibility index (Phi) is 3.51. The van der Waals surface area contributed by atoms with Crippen molar-refractivity contribution in [3.8, 4) is 0 Å². The van der Waals surface area contributed by atoms with Crippen LogP contribution < -0.4 is 4.90 Å². The Bertz CT molecular complexity index is 691. The predicted octanol–water partition coefficient (Wildman–Crippen LogP) is 1.99. The normalized spacial score (nSPS) is 16.4. The minimum atomic E-state index is -0.900. The van der Waals surface area contributed by atoms with Crippen molar-refractivity contribution in [3.63, 3.8) is 0 Å². The first-order valence-electron chi connectivity index (χ1n) is 7.13. The maximum absolute atomic E-state index is 11.6. The first-order valence-corrected chi connectivity index (χ1v) is 7.13. The van der Waals surface area contributed by atoms with Gasteiger partial charge in [0.25, 0.3) is 0 Å². The quantitative estimate of drug-likeness (QED) is 0.914. The zero-order valence-corrected chi connectivity index (χ0v) is 12.3. The van der Waals surface area contributed by atoms with Crippen LogP contribution in [0.25, 0.3) is 10.9 Å². The van der Waals surface area contributed by atoms with Crippen LogP contribution in [0.4, 0.5) is 5.82 Å². The van der Waals surface area contributed by atoms with Crippen LogP contribution in [0.15, 0.2) is 24.3 Å². The lowest BCUT2D eigenvalue weighted by atomic mass is 10.1. The van der Waals surface area contributed by atoms with Crippen LogP contribution in [-0.2, 0) is 0 Å². The molecule has 0 atom stereocenters. The standard InChI is InChI=1S/C16H19N3O2/c1-11-4-3-5-12-13(16(20)21)10-14(17-15(11)12)19-8-6-18(2)7-9-19/h3-5,10H,6-9H2,1-2H3,(H,20,21). The number of aromatic carboxylic acids is 1. The van der Waals surface area contributed by atoms with Crippen LogP contribution in [-0.4, -0.2) is 54.2 Å². The second kappa shape index (κ2) is 5.33. The van der Waals surface area contributed by atoms with Gasteiger partial charge in [0, 0.05) is 31.6 Å². The summed E-state index contributed by atoms with van der Waals surface area (Å²) in [6.45, 7) is 5.65. The maximum Gasteiger partial charge on any atom is 0.336 e. The van der Waals surface area contributed by atoms with E-state index in [4.69, 9.17) is 4.98 Å². The van der Waals surface area contributed by atoms with Gasteiger partial charge in [-0.1, -0.05) is 18.2 Å². The molecule has 1 saturated heterocycles. The fraction of sp³-hybridized carbons (Fsp3) is 0.375. The van der Waals surface area contributed by atoms with Crippen LogP contribution in [0.2, 0.25) is 0 Å². The van der Waals surface area contributed by atoms with Crippen molar-refractivity contribution < 1.29 is 9.90 Å². The van der Waals surface area contributed by atoms with Crippen LogP contribution in [0, 0.1) is 6.92 Å². The monoisotopic (exact) mass is 285 g/mol. The second-order valence-electron chi connectivity index (χ2n) is 5.59. The van der Waals surface area contributed by atoms with Gasteiger partial charge in [-0.05, 0) is 25.6 Å². The highest BCUT2D eigenvalue weighted by Gasteiger charge is 2.19. The molecule has 110 valence electrons. The molecule has 1 fully saturated rings. The van der Waals surface area contributed by atoms with E-state index in [1.165, 1.54) is 0 Å². The number of hydrogen-bond acceptors (Lipinski definition) is 4. The third-order valence-corrected chi connectivity index (χ3v) is 4.09. The van der Waals surface area contributed by atoms with E-state index in [0.717, 1.165) is 43.1 Å². The number of pyridine rings is 1. The zero-order chi connectivity index (χ0) is 15.0. The van der Waals surface area contributed by atoms with Gasteiger partial charge >= 0.3 is 5.97 Å². The van der Waals surface area contributed by atoms with E-state index in [2.05, 4.69) is 16.8 Å². The first-order chi connectivity index (χ1) is 10.1.